The van der Waals surface area contributed by atoms with Crippen molar-refractivity contribution in [3.63, 3.8) is 0 Å². The maximum Gasteiger partial charge on any atom is 0.307 e. The third-order valence-electron chi connectivity index (χ3n) is 3.35. The van der Waals surface area contributed by atoms with E-state index in [1.54, 1.807) is 12.4 Å². The lowest BCUT2D eigenvalue weighted by molar-refractivity contribution is -0.136. The van der Waals surface area contributed by atoms with Crippen molar-refractivity contribution in [2.24, 2.45) is 0 Å². The Morgan fingerprint density at radius 2 is 1.65 bits per heavy atom. The molecule has 0 aliphatic rings. The Labute approximate surface area is 116 Å². The number of nitrogens with zero attached hydrogens (tertiary/aromatic N) is 1. The second kappa shape index (κ2) is 5.13. The molecule has 3 rings (SSSR count). The maximum atomic E-state index is 11.0. The number of carboxylic acids is 1. The van der Waals surface area contributed by atoms with Gasteiger partial charge < -0.3 is 5.11 Å². The molecule has 0 atom stereocenters. The number of rotatable bonds is 3. The summed E-state index contributed by atoms with van der Waals surface area (Å²) in [7, 11) is 0. The van der Waals surface area contributed by atoms with E-state index < -0.39 is 5.97 Å². The number of pyridine rings is 1. The van der Waals surface area contributed by atoms with Gasteiger partial charge in [-0.2, -0.15) is 0 Å². The molecule has 0 amide bonds. The Morgan fingerprint density at radius 3 is 2.35 bits per heavy atom. The number of carboxylic acid groups (broad SMARTS) is 1. The number of benzene rings is 2. The van der Waals surface area contributed by atoms with Crippen molar-refractivity contribution in [3.8, 4) is 11.1 Å². The van der Waals surface area contributed by atoms with Crippen LogP contribution in [0.25, 0.3) is 21.9 Å². The van der Waals surface area contributed by atoms with Crippen LogP contribution < -0.4 is 0 Å². The van der Waals surface area contributed by atoms with Crippen molar-refractivity contribution < 1.29 is 9.90 Å². The molecular formula is C17H13NO2. The van der Waals surface area contributed by atoms with Gasteiger partial charge in [-0.25, -0.2) is 0 Å². The van der Waals surface area contributed by atoms with Gasteiger partial charge in [-0.1, -0.05) is 36.4 Å². The van der Waals surface area contributed by atoms with Gasteiger partial charge in [-0.3, -0.25) is 9.78 Å². The smallest absolute Gasteiger partial charge is 0.307 e. The van der Waals surface area contributed by atoms with Gasteiger partial charge in [0.2, 0.25) is 0 Å². The molecule has 3 heteroatoms. The van der Waals surface area contributed by atoms with Crippen LogP contribution in [-0.2, 0) is 11.2 Å². The van der Waals surface area contributed by atoms with Gasteiger partial charge in [-0.05, 0) is 39.6 Å². The van der Waals surface area contributed by atoms with Gasteiger partial charge in [0.1, 0.15) is 0 Å². The maximum absolute atomic E-state index is 11.0. The van der Waals surface area contributed by atoms with E-state index in [4.69, 9.17) is 5.11 Å². The van der Waals surface area contributed by atoms with E-state index in [2.05, 4.69) is 4.98 Å². The molecule has 0 aliphatic heterocycles. The van der Waals surface area contributed by atoms with Crippen LogP contribution in [0, 0.1) is 0 Å². The van der Waals surface area contributed by atoms with E-state index in [0.717, 1.165) is 27.5 Å². The molecule has 0 fully saturated rings. The van der Waals surface area contributed by atoms with Gasteiger partial charge in [0, 0.05) is 12.4 Å². The van der Waals surface area contributed by atoms with Crippen molar-refractivity contribution in [1.82, 2.24) is 4.98 Å². The number of hydrogen-bond acceptors (Lipinski definition) is 2. The van der Waals surface area contributed by atoms with E-state index in [1.807, 2.05) is 48.5 Å². The molecule has 20 heavy (non-hydrogen) atoms. The largest absolute Gasteiger partial charge is 0.481 e. The number of carbonyl (C=O) groups is 1. The van der Waals surface area contributed by atoms with Crippen molar-refractivity contribution in [2.45, 2.75) is 6.42 Å². The molecule has 1 heterocycles. The van der Waals surface area contributed by atoms with Crippen LogP contribution >= 0.6 is 0 Å². The quantitative estimate of drug-likeness (QED) is 0.786. The average Bonchev–Trinajstić information content (AvgIpc) is 2.48. The second-order valence-electron chi connectivity index (χ2n) is 4.62. The minimum atomic E-state index is -0.813. The van der Waals surface area contributed by atoms with Crippen molar-refractivity contribution in [2.75, 3.05) is 0 Å². The third-order valence-corrected chi connectivity index (χ3v) is 3.35. The van der Waals surface area contributed by atoms with E-state index in [-0.39, 0.29) is 6.42 Å². The molecule has 0 unspecified atom stereocenters. The van der Waals surface area contributed by atoms with Crippen molar-refractivity contribution in [1.29, 1.82) is 0 Å². The van der Waals surface area contributed by atoms with Crippen LogP contribution in [-0.4, -0.2) is 16.1 Å². The summed E-state index contributed by atoms with van der Waals surface area (Å²) >= 11 is 0. The Kier molecular flexibility index (Phi) is 3.17. The summed E-state index contributed by atoms with van der Waals surface area (Å²) in [6, 6.07) is 15.7. The highest BCUT2D eigenvalue weighted by Crippen LogP contribution is 2.30. The lowest BCUT2D eigenvalue weighted by Crippen LogP contribution is -2.01. The Hall–Kier alpha value is -2.68. The highest BCUT2D eigenvalue weighted by molar-refractivity contribution is 5.99. The number of aliphatic carboxylic acids is 1. The predicted octanol–water partition coefficient (Wildman–Crippen LogP) is 3.53. The molecule has 0 saturated carbocycles. The van der Waals surface area contributed by atoms with Gasteiger partial charge in [-0.15, -0.1) is 0 Å². The van der Waals surface area contributed by atoms with Gasteiger partial charge >= 0.3 is 5.97 Å². The molecule has 1 N–H and O–H groups in total. The average molecular weight is 263 g/mol. The Bertz CT molecular complexity index is 766. The first-order chi connectivity index (χ1) is 9.75. The normalized spacial score (nSPS) is 10.6. The van der Waals surface area contributed by atoms with Crippen LogP contribution in [0.2, 0.25) is 0 Å². The number of fused-ring (bicyclic) bond motifs is 1. The van der Waals surface area contributed by atoms with E-state index in [0.29, 0.717) is 0 Å². The standard InChI is InChI=1S/C17H13NO2/c19-17(20)11-13-5-6-15(12-7-9-18-10-8-12)16-4-2-1-3-14(13)16/h1-10H,11H2,(H,19,20). The minimum Gasteiger partial charge on any atom is -0.481 e. The van der Waals surface area contributed by atoms with Crippen LogP contribution in [0.3, 0.4) is 0 Å². The first-order valence-electron chi connectivity index (χ1n) is 6.38. The minimum absolute atomic E-state index is 0.0388. The van der Waals surface area contributed by atoms with Crippen molar-refractivity contribution in [3.05, 3.63) is 66.5 Å². The molecule has 98 valence electrons. The summed E-state index contributed by atoms with van der Waals surface area (Å²) in [4.78, 5) is 15.0. The van der Waals surface area contributed by atoms with Gasteiger partial charge in [0.25, 0.3) is 0 Å². The molecular weight excluding hydrogens is 250 g/mol. The highest BCUT2D eigenvalue weighted by Gasteiger charge is 2.09. The Balaban J connectivity index is 2.24. The summed E-state index contributed by atoms with van der Waals surface area (Å²) in [5, 5.41) is 11.1. The zero-order valence-corrected chi connectivity index (χ0v) is 10.8. The van der Waals surface area contributed by atoms with E-state index >= 15 is 0 Å². The predicted molar refractivity (Wildman–Crippen MR) is 78.5 cm³/mol. The molecule has 0 bridgehead atoms. The number of hydrogen-bond donors (Lipinski definition) is 1. The first-order valence-corrected chi connectivity index (χ1v) is 6.38. The monoisotopic (exact) mass is 263 g/mol. The van der Waals surface area contributed by atoms with Crippen LogP contribution in [0.1, 0.15) is 5.56 Å². The zero-order valence-electron chi connectivity index (χ0n) is 10.8. The molecule has 0 saturated heterocycles. The van der Waals surface area contributed by atoms with Gasteiger partial charge in [0.05, 0.1) is 6.42 Å². The first kappa shape index (κ1) is 12.4. The topological polar surface area (TPSA) is 50.2 Å². The SMILES string of the molecule is O=C(O)Cc1ccc(-c2ccncc2)c2ccccc12. The molecule has 0 radical (unpaired) electrons. The van der Waals surface area contributed by atoms with Crippen LogP contribution in [0.15, 0.2) is 60.9 Å². The summed E-state index contributed by atoms with van der Waals surface area (Å²) in [5.74, 6) is -0.813. The summed E-state index contributed by atoms with van der Waals surface area (Å²) in [6.45, 7) is 0. The second-order valence-corrected chi connectivity index (χ2v) is 4.62. The third kappa shape index (κ3) is 2.26. The van der Waals surface area contributed by atoms with Gasteiger partial charge in [0.15, 0.2) is 0 Å². The molecule has 3 aromatic rings. The zero-order chi connectivity index (χ0) is 13.9. The fourth-order valence-electron chi connectivity index (χ4n) is 2.46. The van der Waals surface area contributed by atoms with E-state index in [9.17, 15) is 4.79 Å². The fourth-order valence-corrected chi connectivity index (χ4v) is 2.46. The molecule has 2 aromatic carbocycles. The molecule has 0 spiro atoms. The van der Waals surface area contributed by atoms with E-state index in [1.165, 1.54) is 0 Å². The van der Waals surface area contributed by atoms with Crippen LogP contribution in [0.5, 0.6) is 0 Å². The van der Waals surface area contributed by atoms with Crippen molar-refractivity contribution >= 4 is 16.7 Å². The molecule has 3 nitrogen and oxygen atoms in total. The number of aromatic nitrogens is 1. The summed E-state index contributed by atoms with van der Waals surface area (Å²) in [6.07, 6.45) is 3.56. The highest BCUT2D eigenvalue weighted by atomic mass is 16.4. The Morgan fingerprint density at radius 1 is 0.950 bits per heavy atom. The molecule has 0 aliphatic carbocycles. The van der Waals surface area contributed by atoms with Crippen LogP contribution in [0.4, 0.5) is 0 Å². The summed E-state index contributed by atoms with van der Waals surface area (Å²) in [5.41, 5.74) is 3.01. The lowest BCUT2D eigenvalue weighted by Gasteiger charge is -2.10. The fraction of sp³-hybridized carbons (Fsp3) is 0.0588. The lowest BCUT2D eigenvalue weighted by atomic mass is 9.94. The molecule has 1 aromatic heterocycles. The summed E-state index contributed by atoms with van der Waals surface area (Å²) < 4.78 is 0.